The number of para-hydroxylation sites is 2. The van der Waals surface area contributed by atoms with E-state index < -0.39 is 0 Å². The molecule has 3 aromatic carbocycles. The van der Waals surface area contributed by atoms with Crippen LogP contribution in [0.3, 0.4) is 0 Å². The van der Waals surface area contributed by atoms with Crippen LogP contribution in [-0.4, -0.2) is 11.1 Å². The quantitative estimate of drug-likeness (QED) is 0.400. The fourth-order valence-electron chi connectivity index (χ4n) is 4.94. The van der Waals surface area contributed by atoms with E-state index in [1.54, 1.807) is 0 Å². The molecule has 0 saturated carbocycles. The Labute approximate surface area is 170 Å². The molecule has 1 N–H and O–H groups in total. The molecule has 1 aromatic heterocycles. The summed E-state index contributed by atoms with van der Waals surface area (Å²) in [5, 5.41) is 2.52. The molecular formula is C27H23NO. The van der Waals surface area contributed by atoms with Crippen LogP contribution in [0.4, 0.5) is 0 Å². The molecule has 0 spiro atoms. The number of allylic oxidation sites excluding steroid dienone is 2. The van der Waals surface area contributed by atoms with Gasteiger partial charge in [-0.3, -0.25) is 0 Å². The van der Waals surface area contributed by atoms with Gasteiger partial charge in [0.25, 0.3) is 0 Å². The van der Waals surface area contributed by atoms with Gasteiger partial charge in [-0.05, 0) is 35.3 Å². The summed E-state index contributed by atoms with van der Waals surface area (Å²) in [6.07, 6.45) is 6.83. The molecule has 0 fully saturated rings. The Kier molecular flexibility index (Phi) is 3.52. The standard InChI is InChI=1S/C27H23NO/c1-16(2)18-8-5-10-21-22-11-6-9-19(27(22)29-26(18)21)17-13-14-25-23(15-17)20-7-3-4-12-24(20)28-25/h3-16,21,26,28H,1-2H3. The van der Waals surface area contributed by atoms with Gasteiger partial charge in [0.15, 0.2) is 0 Å². The number of H-pyrrole nitrogens is 1. The van der Waals surface area contributed by atoms with Crippen molar-refractivity contribution in [2.75, 3.05) is 0 Å². The van der Waals surface area contributed by atoms with E-state index in [9.17, 15) is 0 Å². The Balaban J connectivity index is 1.51. The smallest absolute Gasteiger partial charge is 0.132 e. The highest BCUT2D eigenvalue weighted by Crippen LogP contribution is 2.49. The summed E-state index contributed by atoms with van der Waals surface area (Å²) in [7, 11) is 0. The molecule has 1 aliphatic heterocycles. The summed E-state index contributed by atoms with van der Waals surface area (Å²) in [6, 6.07) is 21.8. The van der Waals surface area contributed by atoms with Gasteiger partial charge in [-0.25, -0.2) is 0 Å². The van der Waals surface area contributed by atoms with Gasteiger partial charge < -0.3 is 9.72 Å². The molecule has 29 heavy (non-hydrogen) atoms. The number of aromatic amines is 1. The Morgan fingerprint density at radius 3 is 2.66 bits per heavy atom. The monoisotopic (exact) mass is 377 g/mol. The van der Waals surface area contributed by atoms with Crippen molar-refractivity contribution >= 4 is 21.8 Å². The maximum absolute atomic E-state index is 6.62. The molecule has 0 radical (unpaired) electrons. The molecule has 6 rings (SSSR count). The van der Waals surface area contributed by atoms with E-state index in [2.05, 4.69) is 97.7 Å². The maximum Gasteiger partial charge on any atom is 0.132 e. The highest BCUT2D eigenvalue weighted by molar-refractivity contribution is 6.08. The fraction of sp³-hybridized carbons (Fsp3) is 0.185. The zero-order valence-electron chi connectivity index (χ0n) is 16.6. The Morgan fingerprint density at radius 2 is 1.76 bits per heavy atom. The molecule has 1 aliphatic carbocycles. The fourth-order valence-corrected chi connectivity index (χ4v) is 4.94. The highest BCUT2D eigenvalue weighted by atomic mass is 16.5. The Morgan fingerprint density at radius 1 is 0.897 bits per heavy atom. The molecule has 2 atom stereocenters. The van der Waals surface area contributed by atoms with Crippen molar-refractivity contribution in [3.8, 4) is 16.9 Å². The molecular weight excluding hydrogens is 354 g/mol. The minimum Gasteiger partial charge on any atom is -0.484 e. The third-order valence-electron chi connectivity index (χ3n) is 6.40. The van der Waals surface area contributed by atoms with Crippen molar-refractivity contribution in [1.29, 1.82) is 0 Å². The molecule has 2 nitrogen and oxygen atoms in total. The number of rotatable bonds is 2. The maximum atomic E-state index is 6.62. The van der Waals surface area contributed by atoms with Gasteiger partial charge in [0.1, 0.15) is 11.9 Å². The topological polar surface area (TPSA) is 25.0 Å². The normalized spacial score (nSPS) is 20.0. The van der Waals surface area contributed by atoms with Crippen molar-refractivity contribution in [2.24, 2.45) is 5.92 Å². The van der Waals surface area contributed by atoms with Gasteiger partial charge in [0.2, 0.25) is 0 Å². The number of hydrogen-bond acceptors (Lipinski definition) is 1. The summed E-state index contributed by atoms with van der Waals surface area (Å²) in [6.45, 7) is 4.50. The van der Waals surface area contributed by atoms with E-state index in [-0.39, 0.29) is 6.10 Å². The van der Waals surface area contributed by atoms with Crippen LogP contribution in [0.1, 0.15) is 25.3 Å². The molecule has 0 bridgehead atoms. The van der Waals surface area contributed by atoms with Crippen molar-refractivity contribution in [1.82, 2.24) is 4.98 Å². The first-order valence-corrected chi connectivity index (χ1v) is 10.4. The van der Waals surface area contributed by atoms with Gasteiger partial charge in [-0.15, -0.1) is 0 Å². The Bertz CT molecular complexity index is 1320. The van der Waals surface area contributed by atoms with Gasteiger partial charge in [-0.2, -0.15) is 0 Å². The first-order valence-electron chi connectivity index (χ1n) is 10.4. The van der Waals surface area contributed by atoms with E-state index >= 15 is 0 Å². The van der Waals surface area contributed by atoms with Crippen molar-refractivity contribution in [2.45, 2.75) is 25.9 Å². The molecule has 0 saturated heterocycles. The minimum atomic E-state index is 0.118. The van der Waals surface area contributed by atoms with Crippen LogP contribution in [0.5, 0.6) is 5.75 Å². The van der Waals surface area contributed by atoms with Crippen LogP contribution in [-0.2, 0) is 0 Å². The zero-order chi connectivity index (χ0) is 19.5. The first-order chi connectivity index (χ1) is 14.2. The SMILES string of the molecule is CC(C)C1=CC=CC2c3cccc(-c4ccc5[nH]c6ccccc6c5c4)c3OC12. The van der Waals surface area contributed by atoms with Crippen LogP contribution < -0.4 is 4.74 Å². The van der Waals surface area contributed by atoms with E-state index in [0.29, 0.717) is 11.8 Å². The molecule has 2 unspecified atom stereocenters. The lowest BCUT2D eigenvalue weighted by Crippen LogP contribution is -2.25. The van der Waals surface area contributed by atoms with Crippen molar-refractivity contribution in [3.63, 3.8) is 0 Å². The predicted octanol–water partition coefficient (Wildman–Crippen LogP) is 6.98. The Hall–Kier alpha value is -3.26. The lowest BCUT2D eigenvalue weighted by Gasteiger charge is -2.25. The number of ether oxygens (including phenoxy) is 1. The summed E-state index contributed by atoms with van der Waals surface area (Å²) in [5.74, 6) is 1.83. The summed E-state index contributed by atoms with van der Waals surface area (Å²) in [5.41, 5.74) is 7.42. The van der Waals surface area contributed by atoms with Crippen molar-refractivity contribution in [3.05, 3.63) is 90.0 Å². The molecule has 0 amide bonds. The first kappa shape index (κ1) is 16.7. The van der Waals surface area contributed by atoms with E-state index in [1.165, 1.54) is 44.1 Å². The second-order valence-electron chi connectivity index (χ2n) is 8.43. The third kappa shape index (κ3) is 2.42. The third-order valence-corrected chi connectivity index (χ3v) is 6.40. The number of fused-ring (bicyclic) bond motifs is 6. The number of benzene rings is 3. The predicted molar refractivity (Wildman–Crippen MR) is 120 cm³/mol. The van der Waals surface area contributed by atoms with Crippen LogP contribution in [0.15, 0.2) is 84.5 Å². The second-order valence-corrected chi connectivity index (χ2v) is 8.43. The van der Waals surface area contributed by atoms with Crippen LogP contribution in [0.2, 0.25) is 0 Å². The molecule has 4 aromatic rings. The van der Waals surface area contributed by atoms with Crippen LogP contribution >= 0.6 is 0 Å². The van der Waals surface area contributed by atoms with Gasteiger partial charge in [0, 0.05) is 38.9 Å². The summed E-state index contributed by atoms with van der Waals surface area (Å²) < 4.78 is 6.62. The van der Waals surface area contributed by atoms with Gasteiger partial charge >= 0.3 is 0 Å². The van der Waals surface area contributed by atoms with E-state index in [4.69, 9.17) is 4.74 Å². The molecule has 2 heterocycles. The second kappa shape index (κ2) is 6.12. The lowest BCUT2D eigenvalue weighted by molar-refractivity contribution is 0.243. The van der Waals surface area contributed by atoms with Gasteiger partial charge in [0.05, 0.1) is 0 Å². The van der Waals surface area contributed by atoms with Crippen LogP contribution in [0.25, 0.3) is 32.9 Å². The summed E-state index contributed by atoms with van der Waals surface area (Å²) >= 11 is 0. The zero-order valence-corrected chi connectivity index (χ0v) is 16.6. The van der Waals surface area contributed by atoms with Crippen molar-refractivity contribution < 1.29 is 4.74 Å². The lowest BCUT2D eigenvalue weighted by atomic mass is 9.82. The molecule has 2 aliphatic rings. The number of hydrogen-bond donors (Lipinski definition) is 1. The van der Waals surface area contributed by atoms with Crippen LogP contribution in [0, 0.1) is 5.92 Å². The van der Waals surface area contributed by atoms with E-state index in [0.717, 1.165) is 5.75 Å². The number of nitrogens with one attached hydrogen (secondary N) is 1. The summed E-state index contributed by atoms with van der Waals surface area (Å²) in [4.78, 5) is 3.52. The average molecular weight is 377 g/mol. The minimum absolute atomic E-state index is 0.118. The largest absolute Gasteiger partial charge is 0.484 e. The average Bonchev–Trinajstić information content (AvgIpc) is 3.31. The highest BCUT2D eigenvalue weighted by Gasteiger charge is 2.38. The molecule has 2 heteroatoms. The molecule has 142 valence electrons. The van der Waals surface area contributed by atoms with Gasteiger partial charge in [-0.1, -0.05) is 74.5 Å². The number of aromatic nitrogens is 1. The van der Waals surface area contributed by atoms with E-state index in [1.807, 2.05) is 0 Å².